The van der Waals surface area contributed by atoms with Crippen molar-refractivity contribution in [1.29, 1.82) is 0 Å². The Morgan fingerprint density at radius 1 is 1.59 bits per heavy atom. The van der Waals surface area contributed by atoms with Crippen LogP contribution in [0.5, 0.6) is 0 Å². The molecule has 1 amide bonds. The van der Waals surface area contributed by atoms with Crippen molar-refractivity contribution in [3.63, 3.8) is 0 Å². The van der Waals surface area contributed by atoms with Gasteiger partial charge in [0.1, 0.15) is 6.10 Å². The summed E-state index contributed by atoms with van der Waals surface area (Å²) >= 11 is 0. The van der Waals surface area contributed by atoms with Gasteiger partial charge in [0.25, 0.3) is 0 Å². The summed E-state index contributed by atoms with van der Waals surface area (Å²) in [5.41, 5.74) is 1.15. The average molecular weight is 235 g/mol. The molecule has 0 radical (unpaired) electrons. The summed E-state index contributed by atoms with van der Waals surface area (Å²) in [7, 11) is 0. The maximum Gasteiger partial charge on any atom is 0.414 e. The first-order chi connectivity index (χ1) is 8.11. The number of hydrogen-bond donors (Lipinski definition) is 1. The highest BCUT2D eigenvalue weighted by Crippen LogP contribution is 2.22. The number of carbonyl (C=O) groups is 2. The van der Waals surface area contributed by atoms with Crippen LogP contribution < -0.4 is 4.90 Å². The van der Waals surface area contributed by atoms with E-state index in [2.05, 4.69) is 0 Å². The van der Waals surface area contributed by atoms with E-state index in [1.807, 2.05) is 0 Å². The van der Waals surface area contributed by atoms with Crippen LogP contribution in [-0.4, -0.2) is 36.2 Å². The van der Waals surface area contributed by atoms with E-state index in [9.17, 15) is 9.59 Å². The highest BCUT2D eigenvalue weighted by molar-refractivity contribution is 5.97. The Morgan fingerprint density at radius 3 is 2.94 bits per heavy atom. The van der Waals surface area contributed by atoms with Gasteiger partial charge >= 0.3 is 6.09 Å². The van der Waals surface area contributed by atoms with Crippen molar-refractivity contribution in [3.8, 4) is 0 Å². The van der Waals surface area contributed by atoms with Crippen molar-refractivity contribution in [2.75, 3.05) is 18.1 Å². The number of nitrogens with zero attached hydrogens (tertiary/aromatic N) is 1. The largest absolute Gasteiger partial charge is 0.441 e. The summed E-state index contributed by atoms with van der Waals surface area (Å²) in [6.45, 7) is 1.57. The summed E-state index contributed by atoms with van der Waals surface area (Å²) < 4.78 is 4.93. The fourth-order valence-corrected chi connectivity index (χ4v) is 1.72. The maximum atomic E-state index is 11.5. The minimum Gasteiger partial charge on any atom is -0.441 e. The van der Waals surface area contributed by atoms with Crippen LogP contribution in [0, 0.1) is 0 Å². The third kappa shape index (κ3) is 2.29. The Hall–Kier alpha value is -1.88. The molecule has 1 N–H and O–H groups in total. The molecule has 0 bridgehead atoms. The van der Waals surface area contributed by atoms with E-state index in [4.69, 9.17) is 9.84 Å². The number of ketones is 1. The number of hydrogen-bond acceptors (Lipinski definition) is 4. The molecule has 5 heteroatoms. The fraction of sp³-hybridized carbons (Fsp3) is 0.333. The molecular weight excluding hydrogens is 222 g/mol. The molecule has 1 aliphatic rings. The van der Waals surface area contributed by atoms with Crippen molar-refractivity contribution in [3.05, 3.63) is 29.8 Å². The van der Waals surface area contributed by atoms with Crippen molar-refractivity contribution in [1.82, 2.24) is 0 Å². The molecule has 1 aromatic rings. The number of rotatable bonds is 3. The Labute approximate surface area is 98.6 Å². The lowest BCUT2D eigenvalue weighted by molar-refractivity contribution is 0.0962. The third-order valence-corrected chi connectivity index (χ3v) is 2.64. The standard InChI is InChI=1S/C12H13NO4/c1-8(15)9-3-2-4-10(5-9)13-6-11(7-14)17-12(13)16/h2-5,11,14H,6-7H2,1H3. The number of carbonyl (C=O) groups excluding carboxylic acids is 2. The fourth-order valence-electron chi connectivity index (χ4n) is 1.72. The molecule has 1 heterocycles. The summed E-state index contributed by atoms with van der Waals surface area (Å²) in [5.74, 6) is -0.0573. The number of amides is 1. The number of ether oxygens (including phenoxy) is 1. The molecule has 2 rings (SSSR count). The zero-order valence-electron chi connectivity index (χ0n) is 9.42. The Kier molecular flexibility index (Phi) is 3.10. The van der Waals surface area contributed by atoms with Gasteiger partial charge in [-0.15, -0.1) is 0 Å². The first-order valence-electron chi connectivity index (χ1n) is 5.32. The summed E-state index contributed by atoms with van der Waals surface area (Å²) in [6.07, 6.45) is -0.992. The highest BCUT2D eigenvalue weighted by Gasteiger charge is 2.31. The normalized spacial score (nSPS) is 19.3. The van der Waals surface area contributed by atoms with Crippen LogP contribution in [0.2, 0.25) is 0 Å². The third-order valence-electron chi connectivity index (χ3n) is 2.64. The van der Waals surface area contributed by atoms with Crippen molar-refractivity contribution < 1.29 is 19.4 Å². The molecule has 1 unspecified atom stereocenters. The molecule has 1 atom stereocenters. The van der Waals surface area contributed by atoms with Gasteiger partial charge in [0, 0.05) is 11.3 Å². The molecule has 5 nitrogen and oxygen atoms in total. The van der Waals surface area contributed by atoms with Crippen LogP contribution in [0.3, 0.4) is 0 Å². The molecule has 1 saturated heterocycles. The second-order valence-electron chi connectivity index (χ2n) is 3.91. The molecule has 0 saturated carbocycles. The van der Waals surface area contributed by atoms with Crippen molar-refractivity contribution in [2.24, 2.45) is 0 Å². The van der Waals surface area contributed by atoms with Crippen molar-refractivity contribution in [2.45, 2.75) is 13.0 Å². The highest BCUT2D eigenvalue weighted by atomic mass is 16.6. The van der Waals surface area contributed by atoms with E-state index in [0.717, 1.165) is 0 Å². The topological polar surface area (TPSA) is 66.8 Å². The number of anilines is 1. The second kappa shape index (κ2) is 4.55. The average Bonchev–Trinajstić information content (AvgIpc) is 2.71. The molecule has 1 aliphatic heterocycles. The van der Waals surface area contributed by atoms with E-state index in [-0.39, 0.29) is 12.4 Å². The molecule has 17 heavy (non-hydrogen) atoms. The zero-order valence-corrected chi connectivity index (χ0v) is 9.42. The molecule has 0 spiro atoms. The van der Waals surface area contributed by atoms with Gasteiger partial charge < -0.3 is 9.84 Å². The van der Waals surface area contributed by atoms with Crippen LogP contribution in [0.15, 0.2) is 24.3 Å². The second-order valence-corrected chi connectivity index (χ2v) is 3.91. The van der Waals surface area contributed by atoms with E-state index >= 15 is 0 Å². The van der Waals surface area contributed by atoms with E-state index in [1.165, 1.54) is 11.8 Å². The molecule has 90 valence electrons. The Bertz CT molecular complexity index is 458. The van der Waals surface area contributed by atoms with E-state index in [0.29, 0.717) is 17.8 Å². The van der Waals surface area contributed by atoms with Crippen LogP contribution >= 0.6 is 0 Å². The minimum absolute atomic E-state index is 0.0573. The quantitative estimate of drug-likeness (QED) is 0.799. The summed E-state index contributed by atoms with van der Waals surface area (Å²) in [6, 6.07) is 6.78. The lowest BCUT2D eigenvalue weighted by atomic mass is 10.1. The first kappa shape index (κ1) is 11.6. The van der Waals surface area contributed by atoms with Gasteiger partial charge in [-0.05, 0) is 19.1 Å². The smallest absolute Gasteiger partial charge is 0.414 e. The molecule has 0 aliphatic carbocycles. The monoisotopic (exact) mass is 235 g/mol. The van der Waals surface area contributed by atoms with Gasteiger partial charge in [-0.1, -0.05) is 12.1 Å². The van der Waals surface area contributed by atoms with Crippen LogP contribution in [0.1, 0.15) is 17.3 Å². The predicted molar refractivity (Wildman–Crippen MR) is 61.1 cm³/mol. The summed E-state index contributed by atoms with van der Waals surface area (Å²) in [5, 5.41) is 8.93. The van der Waals surface area contributed by atoms with Gasteiger partial charge in [0.2, 0.25) is 0 Å². The van der Waals surface area contributed by atoms with E-state index < -0.39 is 12.2 Å². The van der Waals surface area contributed by atoms with Crippen molar-refractivity contribution >= 4 is 17.6 Å². The van der Waals surface area contributed by atoms with Gasteiger partial charge in [-0.3, -0.25) is 9.69 Å². The number of aliphatic hydroxyl groups excluding tert-OH is 1. The Morgan fingerprint density at radius 2 is 2.35 bits per heavy atom. The maximum absolute atomic E-state index is 11.5. The van der Waals surface area contributed by atoms with Gasteiger partial charge in [0.15, 0.2) is 5.78 Å². The minimum atomic E-state index is -0.497. The predicted octanol–water partition coefficient (Wildman–Crippen LogP) is 1.21. The number of benzene rings is 1. The molecule has 1 fully saturated rings. The Balaban J connectivity index is 2.25. The number of Topliss-reactive ketones (excluding diaryl/α,β-unsaturated/α-hetero) is 1. The molecule has 1 aromatic carbocycles. The van der Waals surface area contributed by atoms with Crippen LogP contribution in [0.4, 0.5) is 10.5 Å². The van der Waals surface area contributed by atoms with Gasteiger partial charge in [-0.2, -0.15) is 0 Å². The first-order valence-corrected chi connectivity index (χ1v) is 5.32. The van der Waals surface area contributed by atoms with Crippen LogP contribution in [-0.2, 0) is 4.74 Å². The molecular formula is C12H13NO4. The zero-order chi connectivity index (χ0) is 12.4. The summed E-state index contributed by atoms with van der Waals surface area (Å²) in [4.78, 5) is 24.2. The van der Waals surface area contributed by atoms with Gasteiger partial charge in [0.05, 0.1) is 13.2 Å². The lowest BCUT2D eigenvalue weighted by Crippen LogP contribution is -2.25. The van der Waals surface area contributed by atoms with Crippen LogP contribution in [0.25, 0.3) is 0 Å². The lowest BCUT2D eigenvalue weighted by Gasteiger charge is -2.13. The SMILES string of the molecule is CC(=O)c1cccc(N2CC(CO)OC2=O)c1. The van der Waals surface area contributed by atoms with E-state index in [1.54, 1.807) is 24.3 Å². The molecule has 0 aromatic heterocycles. The number of cyclic esters (lactones) is 1. The van der Waals surface area contributed by atoms with Gasteiger partial charge in [-0.25, -0.2) is 4.79 Å². The number of aliphatic hydroxyl groups is 1.